The van der Waals surface area contributed by atoms with E-state index in [1.807, 2.05) is 0 Å². The normalized spacial score (nSPS) is 24.2. The molecule has 20 heavy (non-hydrogen) atoms. The van der Waals surface area contributed by atoms with Crippen molar-refractivity contribution in [2.75, 3.05) is 0 Å². The molecule has 0 fully saturated rings. The second-order valence-electron chi connectivity index (χ2n) is 5.81. The van der Waals surface area contributed by atoms with Crippen LogP contribution in [-0.2, 0) is 4.74 Å². The van der Waals surface area contributed by atoms with Crippen LogP contribution in [0.25, 0.3) is 5.57 Å². The molecule has 3 aliphatic rings. The number of rotatable bonds is 1. The summed E-state index contributed by atoms with van der Waals surface area (Å²) in [6, 6.07) is 10.6. The molecule has 0 saturated carbocycles. The van der Waals surface area contributed by atoms with E-state index >= 15 is 0 Å². The Morgan fingerprint density at radius 1 is 1.10 bits per heavy atom. The summed E-state index contributed by atoms with van der Waals surface area (Å²) in [6.45, 7) is 2.22. The lowest BCUT2D eigenvalue weighted by atomic mass is 9.84. The van der Waals surface area contributed by atoms with Crippen LogP contribution in [0.3, 0.4) is 0 Å². The van der Waals surface area contributed by atoms with Crippen molar-refractivity contribution < 1.29 is 4.74 Å². The summed E-state index contributed by atoms with van der Waals surface area (Å²) in [5, 5.41) is 0. The highest BCUT2D eigenvalue weighted by Gasteiger charge is 2.35. The predicted octanol–water partition coefficient (Wildman–Crippen LogP) is 5.00. The molecule has 1 aromatic carbocycles. The van der Waals surface area contributed by atoms with Crippen LogP contribution in [0, 0.1) is 5.92 Å². The molecular weight excluding hydrogens is 244 g/mol. The fourth-order valence-corrected chi connectivity index (χ4v) is 3.36. The van der Waals surface area contributed by atoms with Crippen molar-refractivity contribution in [2.45, 2.75) is 26.2 Å². The smallest absolute Gasteiger partial charge is 0.119 e. The number of fused-ring (bicyclic) bond motifs is 2. The summed E-state index contributed by atoms with van der Waals surface area (Å²) in [5.74, 6) is 2.79. The van der Waals surface area contributed by atoms with Crippen molar-refractivity contribution >= 4 is 5.57 Å². The van der Waals surface area contributed by atoms with Crippen LogP contribution >= 0.6 is 0 Å². The molecule has 0 amide bonds. The maximum atomic E-state index is 6.25. The van der Waals surface area contributed by atoms with Gasteiger partial charge in [0.05, 0.1) is 0 Å². The molecule has 0 N–H and O–H groups in total. The summed E-state index contributed by atoms with van der Waals surface area (Å²) in [4.78, 5) is 0. The minimum atomic E-state index is 0.431. The van der Waals surface area contributed by atoms with Gasteiger partial charge < -0.3 is 4.74 Å². The molecule has 100 valence electrons. The molecule has 4 rings (SSSR count). The van der Waals surface area contributed by atoms with E-state index in [4.69, 9.17) is 4.74 Å². The second-order valence-corrected chi connectivity index (χ2v) is 5.81. The number of ether oxygens (including phenoxy) is 1. The molecule has 1 heterocycles. The summed E-state index contributed by atoms with van der Waals surface area (Å²) < 4.78 is 6.25. The van der Waals surface area contributed by atoms with E-state index in [0.717, 1.165) is 25.0 Å². The van der Waals surface area contributed by atoms with Gasteiger partial charge in [-0.05, 0) is 25.3 Å². The lowest BCUT2D eigenvalue weighted by Gasteiger charge is -2.19. The van der Waals surface area contributed by atoms with Gasteiger partial charge in [-0.1, -0.05) is 54.1 Å². The Morgan fingerprint density at radius 2 is 1.95 bits per heavy atom. The fourth-order valence-electron chi connectivity index (χ4n) is 3.36. The van der Waals surface area contributed by atoms with Crippen LogP contribution in [-0.4, -0.2) is 0 Å². The largest absolute Gasteiger partial charge is 0.464 e. The first-order chi connectivity index (χ1) is 9.83. The van der Waals surface area contributed by atoms with Crippen molar-refractivity contribution in [3.05, 3.63) is 76.8 Å². The van der Waals surface area contributed by atoms with E-state index in [9.17, 15) is 0 Å². The van der Waals surface area contributed by atoms with Crippen LogP contribution in [0.2, 0.25) is 0 Å². The Morgan fingerprint density at radius 3 is 2.80 bits per heavy atom. The van der Waals surface area contributed by atoms with Crippen molar-refractivity contribution in [3.63, 3.8) is 0 Å². The Labute approximate surface area is 120 Å². The van der Waals surface area contributed by atoms with Crippen LogP contribution in [0.5, 0.6) is 0 Å². The molecule has 1 nitrogen and oxygen atoms in total. The van der Waals surface area contributed by atoms with E-state index in [2.05, 4.69) is 55.5 Å². The van der Waals surface area contributed by atoms with Gasteiger partial charge in [-0.3, -0.25) is 0 Å². The van der Waals surface area contributed by atoms with E-state index in [1.165, 1.54) is 28.0 Å². The molecule has 0 spiro atoms. The van der Waals surface area contributed by atoms with E-state index < -0.39 is 0 Å². The second kappa shape index (κ2) is 4.52. The maximum Gasteiger partial charge on any atom is 0.119 e. The number of hydrogen-bond donors (Lipinski definition) is 0. The lowest BCUT2D eigenvalue weighted by Crippen LogP contribution is -2.07. The van der Waals surface area contributed by atoms with Crippen molar-refractivity contribution in [2.24, 2.45) is 5.92 Å². The van der Waals surface area contributed by atoms with Gasteiger partial charge in [0.2, 0.25) is 0 Å². The molecule has 2 aliphatic carbocycles. The van der Waals surface area contributed by atoms with Gasteiger partial charge in [-0.25, -0.2) is 0 Å². The van der Waals surface area contributed by atoms with Gasteiger partial charge in [-0.15, -0.1) is 0 Å². The molecule has 1 unspecified atom stereocenters. The highest BCUT2D eigenvalue weighted by Crippen LogP contribution is 2.47. The van der Waals surface area contributed by atoms with Crippen LogP contribution in [0.15, 0.2) is 71.2 Å². The molecule has 0 aromatic heterocycles. The Kier molecular flexibility index (Phi) is 2.66. The molecule has 1 atom stereocenters. The van der Waals surface area contributed by atoms with Crippen molar-refractivity contribution in [3.8, 4) is 0 Å². The van der Waals surface area contributed by atoms with Gasteiger partial charge in [-0.2, -0.15) is 0 Å². The minimum Gasteiger partial charge on any atom is -0.464 e. The summed E-state index contributed by atoms with van der Waals surface area (Å²) in [7, 11) is 0. The van der Waals surface area contributed by atoms with Crippen molar-refractivity contribution in [1.29, 1.82) is 0 Å². The van der Waals surface area contributed by atoms with Crippen LogP contribution in [0.1, 0.15) is 31.7 Å². The predicted molar refractivity (Wildman–Crippen MR) is 81.7 cm³/mol. The molecule has 0 saturated heterocycles. The SMILES string of the molecule is CC1=CC2=C(CC1)OC1=C(c3ccccc3)C=CCC21. The molecule has 1 aliphatic heterocycles. The van der Waals surface area contributed by atoms with Gasteiger partial charge in [0.1, 0.15) is 11.5 Å². The molecule has 1 heteroatoms. The van der Waals surface area contributed by atoms with E-state index in [-0.39, 0.29) is 0 Å². The average Bonchev–Trinajstić information content (AvgIpc) is 2.86. The average molecular weight is 262 g/mol. The topological polar surface area (TPSA) is 9.23 Å². The van der Waals surface area contributed by atoms with Crippen LogP contribution < -0.4 is 0 Å². The fraction of sp³-hybridized carbons (Fsp3) is 0.263. The van der Waals surface area contributed by atoms with Gasteiger partial charge in [0, 0.05) is 23.5 Å². The first-order valence-electron chi connectivity index (χ1n) is 7.37. The maximum absolute atomic E-state index is 6.25. The lowest BCUT2D eigenvalue weighted by molar-refractivity contribution is 0.293. The van der Waals surface area contributed by atoms with Gasteiger partial charge in [0.15, 0.2) is 0 Å². The zero-order valence-corrected chi connectivity index (χ0v) is 11.7. The van der Waals surface area contributed by atoms with Crippen molar-refractivity contribution in [1.82, 2.24) is 0 Å². The van der Waals surface area contributed by atoms with Gasteiger partial charge >= 0.3 is 0 Å². The monoisotopic (exact) mass is 262 g/mol. The number of allylic oxidation sites excluding steroid dienone is 7. The highest BCUT2D eigenvalue weighted by atomic mass is 16.5. The van der Waals surface area contributed by atoms with E-state index in [1.54, 1.807) is 0 Å². The standard InChI is InChI=1S/C19H18O/c1-13-10-11-18-17(12-13)16-9-5-8-15(19(16)20-18)14-6-3-2-4-7-14/h2-8,12,16H,9-11H2,1H3. The summed E-state index contributed by atoms with van der Waals surface area (Å²) >= 11 is 0. The minimum absolute atomic E-state index is 0.431. The van der Waals surface area contributed by atoms with Crippen LogP contribution in [0.4, 0.5) is 0 Å². The molecule has 1 aromatic rings. The third-order valence-electron chi connectivity index (χ3n) is 4.40. The summed E-state index contributed by atoms with van der Waals surface area (Å²) in [6.07, 6.45) is 10.1. The summed E-state index contributed by atoms with van der Waals surface area (Å²) in [5.41, 5.74) is 5.40. The Bertz CT molecular complexity index is 671. The molecular formula is C19H18O. The van der Waals surface area contributed by atoms with E-state index in [0.29, 0.717) is 5.92 Å². The zero-order chi connectivity index (χ0) is 13.5. The number of hydrogen-bond acceptors (Lipinski definition) is 1. The molecule has 0 radical (unpaired) electrons. The quantitative estimate of drug-likeness (QED) is 0.692. The third kappa shape index (κ3) is 1.77. The highest BCUT2D eigenvalue weighted by molar-refractivity contribution is 5.78. The first kappa shape index (κ1) is 11.8. The number of benzene rings is 1. The zero-order valence-electron chi connectivity index (χ0n) is 11.7. The third-order valence-corrected chi connectivity index (χ3v) is 4.40. The Balaban J connectivity index is 1.80. The first-order valence-corrected chi connectivity index (χ1v) is 7.37. The molecule has 0 bridgehead atoms. The Hall–Kier alpha value is -2.02. The van der Waals surface area contributed by atoms with Gasteiger partial charge in [0.25, 0.3) is 0 Å².